The molecule has 0 unspecified atom stereocenters. The van der Waals surface area contributed by atoms with E-state index in [1.807, 2.05) is 18.2 Å². The Kier molecular flexibility index (Phi) is 4.28. The number of halogens is 2. The van der Waals surface area contributed by atoms with Crippen LogP contribution in [0.15, 0.2) is 18.2 Å². The highest BCUT2D eigenvalue weighted by molar-refractivity contribution is 6.42. The highest BCUT2D eigenvalue weighted by Crippen LogP contribution is 2.24. The van der Waals surface area contributed by atoms with Crippen molar-refractivity contribution < 1.29 is 0 Å². The van der Waals surface area contributed by atoms with Gasteiger partial charge in [0.05, 0.1) is 16.1 Å². The molecule has 0 amide bonds. The van der Waals surface area contributed by atoms with E-state index in [9.17, 15) is 0 Å². The molecule has 0 atom stereocenters. The second-order valence-corrected chi connectivity index (χ2v) is 5.24. The summed E-state index contributed by atoms with van der Waals surface area (Å²) in [6.45, 7) is 2.85. The number of likely N-dealkylation sites (tertiary alicyclic amines) is 1. The molecule has 0 radical (unpaired) electrons. The van der Waals surface area contributed by atoms with Crippen molar-refractivity contribution in [2.75, 3.05) is 13.1 Å². The first-order chi connectivity index (χ1) is 8.19. The molecule has 0 aliphatic carbocycles. The molecule has 1 aromatic rings. The van der Waals surface area contributed by atoms with Crippen LogP contribution < -0.4 is 0 Å². The predicted molar refractivity (Wildman–Crippen MR) is 70.1 cm³/mol. The zero-order chi connectivity index (χ0) is 12.3. The Bertz CT molecular complexity index is 432. The highest BCUT2D eigenvalue weighted by atomic mass is 35.5. The van der Waals surface area contributed by atoms with Gasteiger partial charge in [0.1, 0.15) is 0 Å². The smallest absolute Gasteiger partial charge is 0.0656 e. The number of benzene rings is 1. The molecular formula is C13H14Cl2N2. The third kappa shape index (κ3) is 3.35. The van der Waals surface area contributed by atoms with Crippen LogP contribution in [0.1, 0.15) is 18.4 Å². The fourth-order valence-electron chi connectivity index (χ4n) is 2.12. The fourth-order valence-corrected chi connectivity index (χ4v) is 2.44. The SMILES string of the molecule is N#CC1CCN(Cc2ccc(Cl)c(Cl)c2)CC1. The minimum absolute atomic E-state index is 0.236. The lowest BCUT2D eigenvalue weighted by Crippen LogP contribution is -2.32. The largest absolute Gasteiger partial charge is 0.299 e. The number of piperidine rings is 1. The van der Waals surface area contributed by atoms with Crippen molar-refractivity contribution in [1.82, 2.24) is 4.90 Å². The molecular weight excluding hydrogens is 255 g/mol. The first-order valence-corrected chi connectivity index (χ1v) is 6.50. The van der Waals surface area contributed by atoms with E-state index in [0.717, 1.165) is 32.5 Å². The standard InChI is InChI=1S/C13H14Cl2N2/c14-12-2-1-11(7-13(12)15)9-17-5-3-10(8-16)4-6-17/h1-2,7,10H,3-6,9H2. The molecule has 0 aromatic heterocycles. The molecule has 1 heterocycles. The van der Waals surface area contributed by atoms with Crippen LogP contribution in [-0.4, -0.2) is 18.0 Å². The molecule has 0 bridgehead atoms. The summed E-state index contributed by atoms with van der Waals surface area (Å²) in [6.07, 6.45) is 1.94. The molecule has 1 aliphatic rings. The Hall–Kier alpha value is -0.750. The Morgan fingerprint density at radius 2 is 1.94 bits per heavy atom. The summed E-state index contributed by atoms with van der Waals surface area (Å²) in [6, 6.07) is 8.10. The zero-order valence-corrected chi connectivity index (χ0v) is 11.0. The number of nitriles is 1. The molecule has 1 aromatic carbocycles. The Morgan fingerprint density at radius 3 is 2.53 bits per heavy atom. The molecule has 0 N–H and O–H groups in total. The van der Waals surface area contributed by atoms with Gasteiger partial charge in [-0.05, 0) is 43.6 Å². The van der Waals surface area contributed by atoms with Crippen LogP contribution in [0.3, 0.4) is 0 Å². The lowest BCUT2D eigenvalue weighted by atomic mass is 9.98. The van der Waals surface area contributed by atoms with Gasteiger partial charge in [-0.2, -0.15) is 5.26 Å². The molecule has 1 aliphatic heterocycles. The van der Waals surface area contributed by atoms with Crippen LogP contribution in [-0.2, 0) is 6.54 Å². The first-order valence-electron chi connectivity index (χ1n) is 5.75. The molecule has 1 fully saturated rings. The molecule has 2 nitrogen and oxygen atoms in total. The van der Waals surface area contributed by atoms with Gasteiger partial charge in [0.15, 0.2) is 0 Å². The van der Waals surface area contributed by atoms with E-state index in [1.54, 1.807) is 0 Å². The van der Waals surface area contributed by atoms with Crippen LogP contribution in [0.2, 0.25) is 10.0 Å². The summed E-state index contributed by atoms with van der Waals surface area (Å²) in [5, 5.41) is 10.0. The van der Waals surface area contributed by atoms with Crippen molar-refractivity contribution >= 4 is 23.2 Å². The van der Waals surface area contributed by atoms with Gasteiger partial charge < -0.3 is 0 Å². The summed E-state index contributed by atoms with van der Waals surface area (Å²) >= 11 is 11.9. The van der Waals surface area contributed by atoms with Crippen molar-refractivity contribution in [2.24, 2.45) is 5.92 Å². The van der Waals surface area contributed by atoms with Gasteiger partial charge in [-0.25, -0.2) is 0 Å². The van der Waals surface area contributed by atoms with Gasteiger partial charge in [-0.1, -0.05) is 29.3 Å². The predicted octanol–water partition coefficient (Wildman–Crippen LogP) is 3.73. The second kappa shape index (κ2) is 5.73. The van der Waals surface area contributed by atoms with Gasteiger partial charge in [-0.3, -0.25) is 4.90 Å². The van der Waals surface area contributed by atoms with E-state index in [1.165, 1.54) is 5.56 Å². The monoisotopic (exact) mass is 268 g/mol. The number of nitrogens with zero attached hydrogens (tertiary/aromatic N) is 2. The first kappa shape index (κ1) is 12.7. The number of hydrogen-bond donors (Lipinski definition) is 0. The van der Waals surface area contributed by atoms with E-state index in [4.69, 9.17) is 28.5 Å². The molecule has 1 saturated heterocycles. The third-order valence-corrected chi connectivity index (χ3v) is 3.90. The molecule has 0 saturated carbocycles. The third-order valence-electron chi connectivity index (χ3n) is 3.16. The maximum Gasteiger partial charge on any atom is 0.0656 e. The maximum absolute atomic E-state index is 8.83. The average Bonchev–Trinajstić information content (AvgIpc) is 2.35. The Balaban J connectivity index is 1.93. The van der Waals surface area contributed by atoms with E-state index >= 15 is 0 Å². The Labute approximate surface area is 112 Å². The van der Waals surface area contributed by atoms with Gasteiger partial charge >= 0.3 is 0 Å². The topological polar surface area (TPSA) is 27.0 Å². The van der Waals surface area contributed by atoms with Gasteiger partial charge in [-0.15, -0.1) is 0 Å². The highest BCUT2D eigenvalue weighted by Gasteiger charge is 2.18. The van der Waals surface area contributed by atoms with Crippen molar-refractivity contribution in [1.29, 1.82) is 5.26 Å². The van der Waals surface area contributed by atoms with Crippen molar-refractivity contribution in [3.8, 4) is 6.07 Å². The van der Waals surface area contributed by atoms with Crippen LogP contribution in [0.5, 0.6) is 0 Å². The minimum atomic E-state index is 0.236. The molecule has 0 spiro atoms. The fraction of sp³-hybridized carbons (Fsp3) is 0.462. The molecule has 17 heavy (non-hydrogen) atoms. The second-order valence-electron chi connectivity index (χ2n) is 4.43. The summed E-state index contributed by atoms with van der Waals surface area (Å²) in [4.78, 5) is 2.35. The van der Waals surface area contributed by atoms with Gasteiger partial charge in [0.25, 0.3) is 0 Å². The van der Waals surface area contributed by atoms with E-state index in [0.29, 0.717) is 10.0 Å². The van der Waals surface area contributed by atoms with E-state index in [2.05, 4.69) is 11.0 Å². The number of rotatable bonds is 2. The van der Waals surface area contributed by atoms with Gasteiger partial charge in [0, 0.05) is 12.5 Å². The van der Waals surface area contributed by atoms with Crippen LogP contribution >= 0.6 is 23.2 Å². The molecule has 4 heteroatoms. The van der Waals surface area contributed by atoms with Crippen molar-refractivity contribution in [2.45, 2.75) is 19.4 Å². The zero-order valence-electron chi connectivity index (χ0n) is 9.50. The lowest BCUT2D eigenvalue weighted by Gasteiger charge is -2.29. The summed E-state index contributed by atoms with van der Waals surface area (Å²) in [7, 11) is 0. The maximum atomic E-state index is 8.83. The van der Waals surface area contributed by atoms with E-state index in [-0.39, 0.29) is 5.92 Å². The van der Waals surface area contributed by atoms with E-state index < -0.39 is 0 Å². The molecule has 90 valence electrons. The lowest BCUT2D eigenvalue weighted by molar-refractivity contribution is 0.198. The Morgan fingerprint density at radius 1 is 1.24 bits per heavy atom. The minimum Gasteiger partial charge on any atom is -0.299 e. The normalized spacial score (nSPS) is 17.9. The average molecular weight is 269 g/mol. The van der Waals surface area contributed by atoms with Crippen molar-refractivity contribution in [3.05, 3.63) is 33.8 Å². The molecule has 2 rings (SSSR count). The van der Waals surface area contributed by atoms with Crippen LogP contribution in [0.4, 0.5) is 0 Å². The summed E-state index contributed by atoms with van der Waals surface area (Å²) in [5.41, 5.74) is 1.18. The van der Waals surface area contributed by atoms with Crippen molar-refractivity contribution in [3.63, 3.8) is 0 Å². The summed E-state index contributed by atoms with van der Waals surface area (Å²) in [5.74, 6) is 0.236. The van der Waals surface area contributed by atoms with Crippen LogP contribution in [0, 0.1) is 17.2 Å². The van der Waals surface area contributed by atoms with Gasteiger partial charge in [0.2, 0.25) is 0 Å². The number of hydrogen-bond acceptors (Lipinski definition) is 2. The quantitative estimate of drug-likeness (QED) is 0.818. The van der Waals surface area contributed by atoms with Crippen LogP contribution in [0.25, 0.3) is 0 Å². The summed E-state index contributed by atoms with van der Waals surface area (Å²) < 4.78 is 0.